The zero-order valence-corrected chi connectivity index (χ0v) is 21.7. The second-order valence-corrected chi connectivity index (χ2v) is 11.2. The maximum Gasteiger partial charge on any atom is 0.243 e. The van der Waals surface area contributed by atoms with Gasteiger partial charge in [-0.05, 0) is 44.5 Å². The summed E-state index contributed by atoms with van der Waals surface area (Å²) in [4.78, 5) is 24.9. The number of rotatable bonds is 9. The fraction of sp³-hybridized carbons (Fsp3) is 0.458. The molecule has 9 nitrogen and oxygen atoms in total. The number of nitrogens with zero attached hydrogens (tertiary/aromatic N) is 2. The highest BCUT2D eigenvalue weighted by atomic mass is 32.2. The molecule has 0 aliphatic carbocycles. The fourth-order valence-corrected chi connectivity index (χ4v) is 6.50. The largest absolute Gasteiger partial charge is 0.379 e. The number of dihydropyridines is 1. The average Bonchev–Trinajstić information content (AvgIpc) is 2.83. The number of carbonyl (C=O) groups excluding carboxylic acids is 2. The van der Waals surface area contributed by atoms with Crippen LogP contribution in [0.25, 0.3) is 0 Å². The Kier molecular flexibility index (Phi) is 9.13. The number of allylic oxidation sites excluding steroid dienone is 3. The van der Waals surface area contributed by atoms with E-state index in [4.69, 9.17) is 4.74 Å². The van der Waals surface area contributed by atoms with Crippen molar-refractivity contribution in [3.05, 3.63) is 46.1 Å². The lowest BCUT2D eigenvalue weighted by Gasteiger charge is -2.28. The second kappa shape index (κ2) is 11.9. The Morgan fingerprint density at radius 1 is 1.26 bits per heavy atom. The van der Waals surface area contributed by atoms with Gasteiger partial charge in [-0.25, -0.2) is 8.42 Å². The lowest BCUT2D eigenvalue weighted by molar-refractivity contribution is -0.114. The van der Waals surface area contributed by atoms with Crippen molar-refractivity contribution in [1.29, 1.82) is 5.26 Å². The molecule has 0 saturated carbocycles. The fourth-order valence-electron chi connectivity index (χ4n) is 4.18. The molecule has 1 amide bonds. The maximum absolute atomic E-state index is 12.7. The summed E-state index contributed by atoms with van der Waals surface area (Å²) < 4.78 is 32.1. The zero-order valence-electron chi connectivity index (χ0n) is 20.1. The molecule has 1 aromatic rings. The number of hydrogen-bond donors (Lipinski definition) is 2. The van der Waals surface area contributed by atoms with Crippen molar-refractivity contribution in [1.82, 2.24) is 9.62 Å². The molecule has 188 valence electrons. The van der Waals surface area contributed by atoms with E-state index < -0.39 is 10.0 Å². The summed E-state index contributed by atoms with van der Waals surface area (Å²) in [5, 5.41) is 16.2. The Balaban J connectivity index is 1.65. The van der Waals surface area contributed by atoms with Gasteiger partial charge in [0.2, 0.25) is 15.9 Å². The molecule has 1 fully saturated rings. The summed E-state index contributed by atoms with van der Waals surface area (Å²) in [6.45, 7) is 6.68. The van der Waals surface area contributed by atoms with Gasteiger partial charge >= 0.3 is 0 Å². The number of nitrogens with one attached hydrogen (secondary N) is 2. The molecule has 0 unspecified atom stereocenters. The molecule has 0 bridgehead atoms. The number of carbonyl (C=O) groups is 2. The van der Waals surface area contributed by atoms with Crippen LogP contribution in [0.1, 0.15) is 33.6 Å². The lowest BCUT2D eigenvalue weighted by Crippen LogP contribution is -2.40. The van der Waals surface area contributed by atoms with Gasteiger partial charge in [0.1, 0.15) is 0 Å². The molecule has 0 aromatic heterocycles. The minimum atomic E-state index is -3.60. The van der Waals surface area contributed by atoms with Crippen LogP contribution in [-0.2, 0) is 24.3 Å². The van der Waals surface area contributed by atoms with Gasteiger partial charge in [-0.3, -0.25) is 9.59 Å². The van der Waals surface area contributed by atoms with Gasteiger partial charge in [0.05, 0.1) is 40.5 Å². The number of morpholine rings is 1. The highest BCUT2D eigenvalue weighted by molar-refractivity contribution is 8.03. The first-order valence-electron chi connectivity index (χ1n) is 11.4. The van der Waals surface area contributed by atoms with Crippen molar-refractivity contribution in [2.75, 3.05) is 37.4 Å². The van der Waals surface area contributed by atoms with Crippen molar-refractivity contribution in [3.63, 3.8) is 0 Å². The molecule has 3 rings (SSSR count). The van der Waals surface area contributed by atoms with Crippen molar-refractivity contribution in [2.45, 2.75) is 38.5 Å². The van der Waals surface area contributed by atoms with E-state index in [2.05, 4.69) is 16.7 Å². The van der Waals surface area contributed by atoms with E-state index in [-0.39, 0.29) is 28.3 Å². The number of ether oxygens (including phenoxy) is 1. The summed E-state index contributed by atoms with van der Waals surface area (Å²) in [6.07, 6.45) is 1.49. The van der Waals surface area contributed by atoms with Crippen molar-refractivity contribution in [2.24, 2.45) is 5.92 Å². The predicted octanol–water partition coefficient (Wildman–Crippen LogP) is 3.00. The second-order valence-electron chi connectivity index (χ2n) is 8.29. The normalized spacial score (nSPS) is 19.2. The topological polar surface area (TPSA) is 129 Å². The number of benzene rings is 1. The molecule has 35 heavy (non-hydrogen) atoms. The van der Waals surface area contributed by atoms with E-state index in [0.29, 0.717) is 60.3 Å². The van der Waals surface area contributed by atoms with Crippen LogP contribution in [0.15, 0.2) is 51.0 Å². The molecule has 1 atom stereocenters. The van der Waals surface area contributed by atoms with Gasteiger partial charge in [0, 0.05) is 36.0 Å². The highest BCUT2D eigenvalue weighted by Gasteiger charge is 2.31. The van der Waals surface area contributed by atoms with Crippen molar-refractivity contribution in [3.8, 4) is 6.07 Å². The summed E-state index contributed by atoms with van der Waals surface area (Å²) in [5.74, 6) is -0.600. The standard InChI is InChI=1S/C24H30N4O5S2/c1-4-5-20-21(14-25)24(26-16(2)23(20)17(3)29)34-15-22(30)27-18-6-8-19(9-7-18)35(31,32)28-10-12-33-13-11-28/h6-9,20,26H,4-5,10-13,15H2,1-3H3,(H,27,30)/t20-/m0/s1. The van der Waals surface area contributed by atoms with Gasteiger partial charge in [-0.2, -0.15) is 9.57 Å². The summed E-state index contributed by atoms with van der Waals surface area (Å²) in [6, 6.07) is 8.27. The van der Waals surface area contributed by atoms with Crippen LogP contribution in [0, 0.1) is 17.2 Å². The van der Waals surface area contributed by atoms with Crippen LogP contribution in [-0.4, -0.2) is 56.5 Å². The molecule has 2 heterocycles. The third kappa shape index (κ3) is 6.32. The minimum Gasteiger partial charge on any atom is -0.379 e. The summed E-state index contributed by atoms with van der Waals surface area (Å²) >= 11 is 1.20. The number of Topliss-reactive ketones (excluding diaryl/α,β-unsaturated/α-hetero) is 1. The average molecular weight is 519 g/mol. The first-order chi connectivity index (χ1) is 16.7. The molecule has 2 aliphatic heterocycles. The van der Waals surface area contributed by atoms with Crippen LogP contribution in [0.4, 0.5) is 5.69 Å². The molecule has 0 spiro atoms. The molecule has 0 radical (unpaired) electrons. The van der Waals surface area contributed by atoms with E-state index in [9.17, 15) is 23.3 Å². The van der Waals surface area contributed by atoms with E-state index in [1.54, 1.807) is 19.1 Å². The summed E-state index contributed by atoms with van der Waals surface area (Å²) in [5.41, 5.74) is 2.26. The Morgan fingerprint density at radius 3 is 2.49 bits per heavy atom. The van der Waals surface area contributed by atoms with Crippen LogP contribution in [0.5, 0.6) is 0 Å². The van der Waals surface area contributed by atoms with Crippen molar-refractivity contribution < 1.29 is 22.7 Å². The monoisotopic (exact) mass is 518 g/mol. The third-order valence-corrected chi connectivity index (χ3v) is 8.75. The van der Waals surface area contributed by atoms with E-state index in [1.165, 1.54) is 35.1 Å². The molecular formula is C24H30N4O5S2. The zero-order chi connectivity index (χ0) is 25.6. The number of sulfonamides is 1. The van der Waals surface area contributed by atoms with Crippen LogP contribution >= 0.6 is 11.8 Å². The molecular weight excluding hydrogens is 488 g/mol. The van der Waals surface area contributed by atoms with Crippen LogP contribution < -0.4 is 10.6 Å². The van der Waals surface area contributed by atoms with Gasteiger partial charge in [0.15, 0.2) is 5.78 Å². The van der Waals surface area contributed by atoms with Gasteiger partial charge in [0.25, 0.3) is 0 Å². The van der Waals surface area contributed by atoms with Gasteiger partial charge in [-0.1, -0.05) is 25.1 Å². The molecule has 11 heteroatoms. The Labute approximate surface area is 210 Å². The number of nitriles is 1. The smallest absolute Gasteiger partial charge is 0.243 e. The number of amides is 1. The lowest BCUT2D eigenvalue weighted by atomic mass is 9.83. The van der Waals surface area contributed by atoms with Gasteiger partial charge in [-0.15, -0.1) is 0 Å². The summed E-state index contributed by atoms with van der Waals surface area (Å²) in [7, 11) is -3.60. The Bertz CT molecular complexity index is 1180. The molecule has 2 N–H and O–H groups in total. The number of thioether (sulfide) groups is 1. The number of anilines is 1. The van der Waals surface area contributed by atoms with Gasteiger partial charge < -0.3 is 15.4 Å². The Hall–Kier alpha value is -2.65. The first kappa shape index (κ1) is 26.9. The number of hydrogen-bond acceptors (Lipinski definition) is 8. The first-order valence-corrected chi connectivity index (χ1v) is 13.8. The molecule has 1 aromatic carbocycles. The number of ketones is 1. The van der Waals surface area contributed by atoms with E-state index >= 15 is 0 Å². The Morgan fingerprint density at radius 2 is 1.91 bits per heavy atom. The van der Waals surface area contributed by atoms with Crippen molar-refractivity contribution >= 4 is 39.2 Å². The third-order valence-electron chi connectivity index (χ3n) is 5.82. The SMILES string of the molecule is CCC[C@H]1C(C#N)=C(SCC(=O)Nc2ccc(S(=O)(=O)N3CCOCC3)cc2)NC(C)=C1C(C)=O. The minimum absolute atomic E-state index is 0.0445. The highest BCUT2D eigenvalue weighted by Crippen LogP contribution is 2.36. The quantitative estimate of drug-likeness (QED) is 0.511. The predicted molar refractivity (Wildman–Crippen MR) is 135 cm³/mol. The molecule has 2 aliphatic rings. The maximum atomic E-state index is 12.7. The van der Waals surface area contributed by atoms with Crippen LogP contribution in [0.2, 0.25) is 0 Å². The molecule has 1 saturated heterocycles. The van der Waals surface area contributed by atoms with Crippen LogP contribution in [0.3, 0.4) is 0 Å². The van der Waals surface area contributed by atoms with E-state index in [1.807, 2.05) is 6.92 Å². The van der Waals surface area contributed by atoms with E-state index in [0.717, 1.165) is 6.42 Å².